The molecular weight excluding hydrogens is 392 g/mol. The quantitative estimate of drug-likeness (QED) is 0.476. The summed E-state index contributed by atoms with van der Waals surface area (Å²) in [6, 6.07) is 9.88. The Morgan fingerprint density at radius 1 is 1.03 bits per heavy atom. The van der Waals surface area contributed by atoms with Gasteiger partial charge in [-0.15, -0.1) is 0 Å². The summed E-state index contributed by atoms with van der Waals surface area (Å²) in [6.45, 7) is 4.51. The highest BCUT2D eigenvalue weighted by Crippen LogP contribution is 2.27. The Kier molecular flexibility index (Phi) is 4.62. The minimum Gasteiger partial charge on any atom is -0.303 e. The number of benzene rings is 1. The van der Waals surface area contributed by atoms with E-state index in [1.54, 1.807) is 40.2 Å². The lowest BCUT2D eigenvalue weighted by Crippen LogP contribution is -2.18. The van der Waals surface area contributed by atoms with Crippen LogP contribution in [0.5, 0.6) is 0 Å². The summed E-state index contributed by atoms with van der Waals surface area (Å²) in [6.07, 6.45) is 8.39. The zero-order chi connectivity index (χ0) is 21.4. The van der Waals surface area contributed by atoms with Gasteiger partial charge in [-0.25, -0.2) is 24.4 Å². The number of hydrogen-bond acceptors (Lipinski definition) is 6. The molecule has 4 heterocycles. The van der Waals surface area contributed by atoms with Crippen LogP contribution in [0.4, 0.5) is 0 Å². The third-order valence-corrected chi connectivity index (χ3v) is 5.09. The van der Waals surface area contributed by atoms with Crippen molar-refractivity contribution in [1.29, 1.82) is 0 Å². The number of fused-ring (bicyclic) bond motifs is 1. The highest BCUT2D eigenvalue weighted by Gasteiger charge is 2.15. The third kappa shape index (κ3) is 3.50. The predicted octanol–water partition coefficient (Wildman–Crippen LogP) is 2.93. The molecule has 4 aromatic heterocycles. The van der Waals surface area contributed by atoms with Crippen LogP contribution in [0, 0.1) is 0 Å². The second-order valence-corrected chi connectivity index (χ2v) is 7.51. The Labute approximate surface area is 177 Å². The summed E-state index contributed by atoms with van der Waals surface area (Å²) in [5.74, 6) is 1.52. The van der Waals surface area contributed by atoms with Gasteiger partial charge in [0.1, 0.15) is 5.52 Å². The Morgan fingerprint density at radius 2 is 1.90 bits per heavy atom. The summed E-state index contributed by atoms with van der Waals surface area (Å²) in [4.78, 5) is 33.4. The predicted molar refractivity (Wildman–Crippen MR) is 116 cm³/mol. The molecule has 154 valence electrons. The number of nitrogens with one attached hydrogen (secondary N) is 1. The maximum absolute atomic E-state index is 12.6. The van der Waals surface area contributed by atoms with Crippen molar-refractivity contribution in [1.82, 2.24) is 39.3 Å². The van der Waals surface area contributed by atoms with Crippen LogP contribution in [0.2, 0.25) is 0 Å². The van der Waals surface area contributed by atoms with Crippen LogP contribution in [-0.4, -0.2) is 39.3 Å². The maximum Gasteiger partial charge on any atom is 0.328 e. The largest absolute Gasteiger partial charge is 0.328 e. The van der Waals surface area contributed by atoms with Gasteiger partial charge in [-0.2, -0.15) is 5.10 Å². The zero-order valence-electron chi connectivity index (χ0n) is 17.1. The van der Waals surface area contributed by atoms with Crippen molar-refractivity contribution in [2.24, 2.45) is 0 Å². The molecule has 0 fully saturated rings. The number of nitrogens with zero attached hydrogens (tertiary/aromatic N) is 7. The molecule has 5 rings (SSSR count). The van der Waals surface area contributed by atoms with E-state index in [2.05, 4.69) is 44.9 Å². The highest BCUT2D eigenvalue weighted by atomic mass is 16.1. The van der Waals surface area contributed by atoms with Gasteiger partial charge in [-0.1, -0.05) is 38.1 Å². The van der Waals surface area contributed by atoms with E-state index >= 15 is 0 Å². The van der Waals surface area contributed by atoms with E-state index in [0.717, 1.165) is 11.1 Å². The third-order valence-electron chi connectivity index (χ3n) is 5.09. The van der Waals surface area contributed by atoms with Gasteiger partial charge in [0.15, 0.2) is 17.3 Å². The minimum atomic E-state index is -0.267. The Hall–Kier alpha value is -4.14. The number of aromatic nitrogens is 8. The number of hydrogen-bond donors (Lipinski definition) is 1. The SMILES string of the molecule is CC(C)c1ccccc1-c1ncc2[nH]c(=O)n(Cc3cnc(-n4cccn4)cn3)c2n1. The Bertz CT molecular complexity index is 1400. The van der Waals surface area contributed by atoms with E-state index < -0.39 is 0 Å². The molecule has 0 radical (unpaired) electrons. The van der Waals surface area contributed by atoms with Gasteiger partial charge in [-0.3, -0.25) is 9.55 Å². The first-order chi connectivity index (χ1) is 15.1. The van der Waals surface area contributed by atoms with Crippen LogP contribution >= 0.6 is 0 Å². The van der Waals surface area contributed by atoms with Crippen LogP contribution in [0.25, 0.3) is 28.4 Å². The van der Waals surface area contributed by atoms with E-state index in [-0.39, 0.29) is 12.2 Å². The highest BCUT2D eigenvalue weighted by molar-refractivity contribution is 5.73. The molecule has 0 saturated carbocycles. The van der Waals surface area contributed by atoms with Crippen molar-refractivity contribution >= 4 is 11.2 Å². The second-order valence-electron chi connectivity index (χ2n) is 7.51. The number of H-pyrrole nitrogens is 1. The topological polar surface area (TPSA) is 107 Å². The normalized spacial score (nSPS) is 11.5. The molecule has 9 heteroatoms. The summed E-state index contributed by atoms with van der Waals surface area (Å²) < 4.78 is 3.18. The van der Waals surface area contributed by atoms with Crippen LogP contribution in [-0.2, 0) is 6.54 Å². The van der Waals surface area contributed by atoms with Crippen molar-refractivity contribution in [2.75, 3.05) is 0 Å². The Morgan fingerprint density at radius 3 is 2.65 bits per heavy atom. The van der Waals surface area contributed by atoms with Gasteiger partial charge in [0, 0.05) is 18.0 Å². The summed E-state index contributed by atoms with van der Waals surface area (Å²) in [7, 11) is 0. The second kappa shape index (κ2) is 7.60. The summed E-state index contributed by atoms with van der Waals surface area (Å²) in [5, 5.41) is 4.14. The molecule has 5 aromatic rings. The van der Waals surface area contributed by atoms with Gasteiger partial charge in [0.05, 0.1) is 30.8 Å². The smallest absolute Gasteiger partial charge is 0.303 e. The molecule has 0 atom stereocenters. The summed E-state index contributed by atoms with van der Waals surface area (Å²) in [5.41, 5.74) is 3.61. The van der Waals surface area contributed by atoms with Gasteiger partial charge in [0.2, 0.25) is 0 Å². The van der Waals surface area contributed by atoms with E-state index in [1.165, 1.54) is 0 Å². The molecule has 0 unspecified atom stereocenters. The maximum atomic E-state index is 12.6. The molecule has 9 nitrogen and oxygen atoms in total. The molecule has 0 amide bonds. The number of rotatable bonds is 5. The van der Waals surface area contributed by atoms with Crippen LogP contribution in [0.15, 0.2) is 66.1 Å². The standard InChI is InChI=1S/C22H20N8O/c1-14(2)16-6-3-4-7-17(16)20-25-11-18-21(28-20)29(22(31)27-18)13-15-10-24-19(12-23-15)30-9-5-8-26-30/h3-12,14H,13H2,1-2H3,(H,27,31). The van der Waals surface area contributed by atoms with Crippen LogP contribution in [0.1, 0.15) is 31.0 Å². The van der Waals surface area contributed by atoms with Crippen molar-refractivity contribution in [2.45, 2.75) is 26.3 Å². The average Bonchev–Trinajstić information content (AvgIpc) is 3.43. The lowest BCUT2D eigenvalue weighted by molar-refractivity contribution is 0.743. The Balaban J connectivity index is 1.53. The van der Waals surface area contributed by atoms with E-state index in [4.69, 9.17) is 4.98 Å². The first-order valence-corrected chi connectivity index (χ1v) is 9.96. The molecule has 0 aliphatic rings. The van der Waals surface area contributed by atoms with Crippen molar-refractivity contribution in [3.05, 3.63) is 83.1 Å². The number of aromatic amines is 1. The average molecular weight is 412 g/mol. The van der Waals surface area contributed by atoms with Crippen molar-refractivity contribution in [3.8, 4) is 17.2 Å². The molecule has 0 aliphatic carbocycles. The molecule has 31 heavy (non-hydrogen) atoms. The van der Waals surface area contributed by atoms with Gasteiger partial charge >= 0.3 is 5.69 Å². The van der Waals surface area contributed by atoms with Gasteiger partial charge in [0.25, 0.3) is 0 Å². The van der Waals surface area contributed by atoms with Crippen molar-refractivity contribution < 1.29 is 0 Å². The lowest BCUT2D eigenvalue weighted by Gasteiger charge is -2.11. The first-order valence-electron chi connectivity index (χ1n) is 9.96. The fraction of sp³-hybridized carbons (Fsp3) is 0.182. The molecule has 0 bridgehead atoms. The first kappa shape index (κ1) is 18.9. The molecule has 0 aliphatic heterocycles. The molecular formula is C22H20N8O. The van der Waals surface area contributed by atoms with Crippen LogP contribution < -0.4 is 5.69 Å². The van der Waals surface area contributed by atoms with E-state index in [9.17, 15) is 4.79 Å². The lowest BCUT2D eigenvalue weighted by atomic mass is 9.97. The van der Waals surface area contributed by atoms with Gasteiger partial charge < -0.3 is 4.98 Å². The van der Waals surface area contributed by atoms with Crippen molar-refractivity contribution in [3.63, 3.8) is 0 Å². The zero-order valence-corrected chi connectivity index (χ0v) is 17.1. The van der Waals surface area contributed by atoms with E-state index in [0.29, 0.717) is 34.4 Å². The fourth-order valence-electron chi connectivity index (χ4n) is 3.54. The number of imidazole rings is 1. The molecule has 0 spiro atoms. The fourth-order valence-corrected chi connectivity index (χ4v) is 3.54. The molecule has 1 aromatic carbocycles. The minimum absolute atomic E-state index is 0.244. The molecule has 0 saturated heterocycles. The summed E-state index contributed by atoms with van der Waals surface area (Å²) >= 11 is 0. The monoisotopic (exact) mass is 412 g/mol. The van der Waals surface area contributed by atoms with Gasteiger partial charge in [-0.05, 0) is 17.5 Å². The van der Waals surface area contributed by atoms with E-state index in [1.807, 2.05) is 24.3 Å². The van der Waals surface area contributed by atoms with Crippen LogP contribution in [0.3, 0.4) is 0 Å². The molecule has 1 N–H and O–H groups in total.